The fraction of sp³-hybridized carbons (Fsp3) is 0.471. The Labute approximate surface area is 157 Å². The van der Waals surface area contributed by atoms with Crippen LogP contribution in [0.4, 0.5) is 0 Å². The summed E-state index contributed by atoms with van der Waals surface area (Å²) in [6, 6.07) is 5.33. The number of carboxylic acid groups (broad SMARTS) is 1. The number of carbonyl (C=O) groups is 3. The number of hydrogen-bond acceptors (Lipinski definition) is 5. The smallest absolute Gasteiger partial charge is 0.308 e. The van der Waals surface area contributed by atoms with E-state index in [1.54, 1.807) is 0 Å². The van der Waals surface area contributed by atoms with Gasteiger partial charge in [-0.25, -0.2) is 8.42 Å². The molecule has 3 N–H and O–H groups in total. The second-order valence-corrected chi connectivity index (χ2v) is 8.18. The first-order valence-corrected chi connectivity index (χ1v) is 10.1. The highest BCUT2D eigenvalue weighted by Gasteiger charge is 2.29. The summed E-state index contributed by atoms with van der Waals surface area (Å²) in [6.07, 6.45) is 1.14. The minimum Gasteiger partial charge on any atom is -0.481 e. The zero-order valence-corrected chi connectivity index (χ0v) is 15.8. The van der Waals surface area contributed by atoms with Gasteiger partial charge in [-0.05, 0) is 30.7 Å². The largest absolute Gasteiger partial charge is 0.481 e. The van der Waals surface area contributed by atoms with Crippen LogP contribution in [0.25, 0.3) is 0 Å². The van der Waals surface area contributed by atoms with E-state index < -0.39 is 27.8 Å². The monoisotopic (exact) mass is 397 g/mol. The lowest BCUT2D eigenvalue weighted by Crippen LogP contribution is -2.49. The van der Waals surface area contributed by atoms with Crippen LogP contribution in [0.3, 0.4) is 0 Å². The molecule has 9 nitrogen and oxygen atoms in total. The number of aliphatic carboxylic acids is 1. The first kappa shape index (κ1) is 20.8. The van der Waals surface area contributed by atoms with Gasteiger partial charge in [0.1, 0.15) is 0 Å². The molecule has 0 spiro atoms. The van der Waals surface area contributed by atoms with Crippen LogP contribution in [0.5, 0.6) is 0 Å². The number of carboxylic acids is 1. The molecule has 0 bridgehead atoms. The molecule has 0 radical (unpaired) electrons. The molecule has 2 rings (SSSR count). The van der Waals surface area contributed by atoms with Crippen molar-refractivity contribution in [2.45, 2.75) is 24.7 Å². The van der Waals surface area contributed by atoms with Gasteiger partial charge >= 0.3 is 5.97 Å². The first-order chi connectivity index (χ1) is 12.8. The van der Waals surface area contributed by atoms with Crippen LogP contribution in [0, 0.1) is 5.92 Å². The van der Waals surface area contributed by atoms with E-state index in [1.807, 2.05) is 6.92 Å². The molecule has 0 aromatic heterocycles. The quantitative estimate of drug-likeness (QED) is 0.567. The number of rotatable bonds is 8. The van der Waals surface area contributed by atoms with E-state index >= 15 is 0 Å². The Morgan fingerprint density at radius 3 is 2.52 bits per heavy atom. The van der Waals surface area contributed by atoms with Gasteiger partial charge in [0.2, 0.25) is 15.9 Å². The zero-order valence-electron chi connectivity index (χ0n) is 15.0. The third-order valence-electron chi connectivity index (χ3n) is 4.25. The van der Waals surface area contributed by atoms with Crippen LogP contribution in [0.15, 0.2) is 29.2 Å². The van der Waals surface area contributed by atoms with Crippen molar-refractivity contribution in [3.8, 4) is 0 Å². The number of sulfonamides is 1. The van der Waals surface area contributed by atoms with Crippen molar-refractivity contribution in [2.75, 3.05) is 26.2 Å². The maximum Gasteiger partial charge on any atom is 0.308 e. The molecule has 1 aromatic rings. The van der Waals surface area contributed by atoms with Crippen LogP contribution in [-0.2, 0) is 19.6 Å². The molecule has 148 valence electrons. The summed E-state index contributed by atoms with van der Waals surface area (Å²) in [5.41, 5.74) is 0.228. The van der Waals surface area contributed by atoms with Gasteiger partial charge in [0.15, 0.2) is 0 Å². The number of nitrogens with zero attached hydrogens (tertiary/aromatic N) is 1. The number of benzene rings is 1. The van der Waals surface area contributed by atoms with E-state index in [9.17, 15) is 22.8 Å². The van der Waals surface area contributed by atoms with Crippen molar-refractivity contribution in [1.82, 2.24) is 14.9 Å². The van der Waals surface area contributed by atoms with Gasteiger partial charge in [-0.1, -0.05) is 13.3 Å². The molecular formula is C17H23N3O6S. The van der Waals surface area contributed by atoms with Gasteiger partial charge in [-0.2, -0.15) is 4.31 Å². The number of amides is 2. The molecule has 0 aliphatic carbocycles. The van der Waals surface area contributed by atoms with Gasteiger partial charge in [-0.3, -0.25) is 14.4 Å². The Balaban J connectivity index is 2.04. The zero-order chi connectivity index (χ0) is 20.0. The lowest BCUT2D eigenvalue weighted by Gasteiger charge is -2.25. The Kier molecular flexibility index (Phi) is 6.92. The second kappa shape index (κ2) is 8.96. The molecule has 1 aliphatic rings. The minimum atomic E-state index is -3.82. The molecule has 0 saturated carbocycles. The molecule has 1 atom stereocenters. The van der Waals surface area contributed by atoms with E-state index in [2.05, 4.69) is 10.6 Å². The van der Waals surface area contributed by atoms with Crippen molar-refractivity contribution < 1.29 is 27.9 Å². The Morgan fingerprint density at radius 1 is 1.30 bits per heavy atom. The highest BCUT2D eigenvalue weighted by Crippen LogP contribution is 2.17. The van der Waals surface area contributed by atoms with Crippen LogP contribution in [0.1, 0.15) is 30.1 Å². The Morgan fingerprint density at radius 2 is 1.96 bits per heavy atom. The van der Waals surface area contributed by atoms with Crippen molar-refractivity contribution in [2.24, 2.45) is 5.92 Å². The SMILES string of the molecule is CCCC(CNC(=O)c1ccc(S(=O)(=O)N2CCNC(=O)C2)cc1)C(=O)O. The number of piperazine rings is 1. The van der Waals surface area contributed by atoms with Crippen molar-refractivity contribution >= 4 is 27.8 Å². The van der Waals surface area contributed by atoms with Gasteiger partial charge < -0.3 is 15.7 Å². The maximum absolute atomic E-state index is 12.6. The molecule has 2 amide bonds. The number of nitrogens with one attached hydrogen (secondary N) is 2. The average Bonchev–Trinajstić information content (AvgIpc) is 2.64. The van der Waals surface area contributed by atoms with E-state index in [0.29, 0.717) is 12.8 Å². The highest BCUT2D eigenvalue weighted by atomic mass is 32.2. The summed E-state index contributed by atoms with van der Waals surface area (Å²) >= 11 is 0. The minimum absolute atomic E-state index is 0.00491. The molecule has 1 heterocycles. The second-order valence-electron chi connectivity index (χ2n) is 6.25. The molecule has 10 heteroatoms. The lowest BCUT2D eigenvalue weighted by atomic mass is 10.0. The van der Waals surface area contributed by atoms with Crippen LogP contribution >= 0.6 is 0 Å². The topological polar surface area (TPSA) is 133 Å². The molecular weight excluding hydrogens is 374 g/mol. The highest BCUT2D eigenvalue weighted by molar-refractivity contribution is 7.89. The standard InChI is InChI=1S/C17H23N3O6S/c1-2-3-13(17(23)24)10-19-16(22)12-4-6-14(7-5-12)27(25,26)20-9-8-18-15(21)11-20/h4-7,13H,2-3,8-11H2,1H3,(H,18,21)(H,19,22)(H,23,24). The van der Waals surface area contributed by atoms with E-state index in [-0.39, 0.29) is 42.5 Å². The number of carbonyl (C=O) groups excluding carboxylic acids is 2. The molecule has 27 heavy (non-hydrogen) atoms. The van der Waals surface area contributed by atoms with Gasteiger partial charge in [0, 0.05) is 25.2 Å². The summed E-state index contributed by atoms with van der Waals surface area (Å²) in [5.74, 6) is -2.47. The van der Waals surface area contributed by atoms with Crippen molar-refractivity contribution in [3.05, 3.63) is 29.8 Å². The molecule has 1 unspecified atom stereocenters. The molecule has 1 fully saturated rings. The fourth-order valence-corrected chi connectivity index (χ4v) is 4.12. The average molecular weight is 397 g/mol. The van der Waals surface area contributed by atoms with Crippen LogP contribution in [-0.4, -0.2) is 61.8 Å². The van der Waals surface area contributed by atoms with Crippen molar-refractivity contribution in [1.29, 1.82) is 0 Å². The van der Waals surface area contributed by atoms with Crippen LogP contribution < -0.4 is 10.6 Å². The van der Waals surface area contributed by atoms with Gasteiger partial charge in [-0.15, -0.1) is 0 Å². The Hall–Kier alpha value is -2.46. The van der Waals surface area contributed by atoms with E-state index in [0.717, 1.165) is 4.31 Å². The maximum atomic E-state index is 12.6. The predicted molar refractivity (Wildman–Crippen MR) is 96.6 cm³/mol. The van der Waals surface area contributed by atoms with Gasteiger partial charge in [0.05, 0.1) is 17.4 Å². The van der Waals surface area contributed by atoms with Gasteiger partial charge in [0.25, 0.3) is 5.91 Å². The van der Waals surface area contributed by atoms with Crippen LogP contribution in [0.2, 0.25) is 0 Å². The van der Waals surface area contributed by atoms with Crippen molar-refractivity contribution in [3.63, 3.8) is 0 Å². The van der Waals surface area contributed by atoms with E-state index in [4.69, 9.17) is 5.11 Å². The predicted octanol–water partition coefficient (Wildman–Crippen LogP) is 0.0378. The molecule has 1 aliphatic heterocycles. The summed E-state index contributed by atoms with van der Waals surface area (Å²) in [5, 5.41) is 14.2. The first-order valence-electron chi connectivity index (χ1n) is 8.63. The normalized spacial score (nSPS) is 16.4. The summed E-state index contributed by atoms with van der Waals surface area (Å²) in [6.45, 7) is 2.07. The lowest BCUT2D eigenvalue weighted by molar-refractivity contribution is -0.141. The summed E-state index contributed by atoms with van der Waals surface area (Å²) in [4.78, 5) is 34.7. The third-order valence-corrected chi connectivity index (χ3v) is 6.11. The summed E-state index contributed by atoms with van der Waals surface area (Å²) in [7, 11) is -3.82. The third kappa shape index (κ3) is 5.27. The molecule has 1 aromatic carbocycles. The van der Waals surface area contributed by atoms with E-state index in [1.165, 1.54) is 24.3 Å². The molecule has 1 saturated heterocycles. The number of hydrogen-bond donors (Lipinski definition) is 3. The fourth-order valence-electron chi connectivity index (χ4n) is 2.73. The Bertz CT molecular complexity index is 806. The summed E-state index contributed by atoms with van der Waals surface area (Å²) < 4.78 is 26.2.